The maximum absolute atomic E-state index is 12.1. The Bertz CT molecular complexity index is 693. The monoisotopic (exact) mass is 347 g/mol. The molecule has 1 fully saturated rings. The highest BCUT2D eigenvalue weighted by molar-refractivity contribution is 8.01. The van der Waals surface area contributed by atoms with Gasteiger partial charge in [-0.25, -0.2) is 4.98 Å². The molecule has 2 heterocycles. The fourth-order valence-electron chi connectivity index (χ4n) is 2.68. The van der Waals surface area contributed by atoms with Gasteiger partial charge in [0.1, 0.15) is 0 Å². The number of carbonyl (C=O) groups excluding carboxylic acids is 1. The fourth-order valence-corrected chi connectivity index (χ4v) is 4.59. The summed E-state index contributed by atoms with van der Waals surface area (Å²) in [6, 6.07) is 6.46. The molecule has 3 rings (SSSR count). The van der Waals surface area contributed by atoms with Crippen molar-refractivity contribution < 1.29 is 4.79 Å². The van der Waals surface area contributed by atoms with Crippen LogP contribution in [0.4, 0.5) is 5.69 Å². The molecule has 0 aliphatic carbocycles. The van der Waals surface area contributed by atoms with Crippen molar-refractivity contribution in [1.82, 2.24) is 10.3 Å². The SMILES string of the molecule is Cc1csc(Sc2ccc(NC(=O)CC3CCCN3)c(C)c2)n1. The lowest BCUT2D eigenvalue weighted by Gasteiger charge is -2.12. The second-order valence-corrected chi connectivity index (χ2v) is 8.06. The van der Waals surface area contributed by atoms with E-state index >= 15 is 0 Å². The van der Waals surface area contributed by atoms with Gasteiger partial charge in [0.25, 0.3) is 0 Å². The van der Waals surface area contributed by atoms with Crippen LogP contribution in [0.2, 0.25) is 0 Å². The Hall–Kier alpha value is -1.37. The van der Waals surface area contributed by atoms with Crippen molar-refractivity contribution in [2.45, 2.75) is 48.4 Å². The molecule has 122 valence electrons. The van der Waals surface area contributed by atoms with E-state index < -0.39 is 0 Å². The summed E-state index contributed by atoms with van der Waals surface area (Å²) in [5.41, 5.74) is 3.03. The van der Waals surface area contributed by atoms with E-state index in [1.807, 2.05) is 26.0 Å². The summed E-state index contributed by atoms with van der Waals surface area (Å²) in [7, 11) is 0. The van der Waals surface area contributed by atoms with Crippen LogP contribution in [-0.2, 0) is 4.79 Å². The van der Waals surface area contributed by atoms with E-state index in [0.29, 0.717) is 12.5 Å². The zero-order valence-corrected chi connectivity index (χ0v) is 15.0. The molecule has 0 radical (unpaired) electrons. The lowest BCUT2D eigenvalue weighted by Crippen LogP contribution is -2.27. The van der Waals surface area contributed by atoms with Gasteiger partial charge in [0.05, 0.1) is 0 Å². The van der Waals surface area contributed by atoms with Gasteiger partial charge < -0.3 is 10.6 Å². The number of hydrogen-bond donors (Lipinski definition) is 2. The van der Waals surface area contributed by atoms with E-state index in [4.69, 9.17) is 0 Å². The number of nitrogens with one attached hydrogen (secondary N) is 2. The van der Waals surface area contributed by atoms with Crippen molar-refractivity contribution in [2.24, 2.45) is 0 Å². The smallest absolute Gasteiger partial charge is 0.225 e. The maximum Gasteiger partial charge on any atom is 0.225 e. The summed E-state index contributed by atoms with van der Waals surface area (Å²) in [6.07, 6.45) is 2.81. The van der Waals surface area contributed by atoms with Crippen LogP contribution in [0, 0.1) is 13.8 Å². The minimum Gasteiger partial charge on any atom is -0.326 e. The number of thiazole rings is 1. The van der Waals surface area contributed by atoms with Gasteiger partial charge in [-0.05, 0) is 57.0 Å². The van der Waals surface area contributed by atoms with Gasteiger partial charge in [0.2, 0.25) is 5.91 Å². The highest BCUT2D eigenvalue weighted by Crippen LogP contribution is 2.32. The number of benzene rings is 1. The Morgan fingerprint density at radius 1 is 1.48 bits per heavy atom. The second kappa shape index (κ2) is 7.47. The third-order valence-electron chi connectivity index (χ3n) is 3.87. The molecular weight excluding hydrogens is 326 g/mol. The summed E-state index contributed by atoms with van der Waals surface area (Å²) in [4.78, 5) is 17.7. The highest BCUT2D eigenvalue weighted by atomic mass is 32.2. The van der Waals surface area contributed by atoms with Crippen molar-refractivity contribution in [1.29, 1.82) is 0 Å². The molecular formula is C17H21N3OS2. The van der Waals surface area contributed by atoms with Crippen LogP contribution in [-0.4, -0.2) is 23.5 Å². The molecule has 0 spiro atoms. The fraction of sp³-hybridized carbons (Fsp3) is 0.412. The highest BCUT2D eigenvalue weighted by Gasteiger charge is 2.18. The third kappa shape index (κ3) is 4.56. The number of carbonyl (C=O) groups is 1. The molecule has 1 amide bonds. The van der Waals surface area contributed by atoms with E-state index in [1.54, 1.807) is 23.1 Å². The summed E-state index contributed by atoms with van der Waals surface area (Å²) in [6.45, 7) is 5.06. The first-order valence-corrected chi connectivity index (χ1v) is 9.53. The van der Waals surface area contributed by atoms with Crippen molar-refractivity contribution >= 4 is 34.7 Å². The van der Waals surface area contributed by atoms with Crippen LogP contribution in [0.3, 0.4) is 0 Å². The summed E-state index contributed by atoms with van der Waals surface area (Å²) >= 11 is 3.32. The minimum absolute atomic E-state index is 0.0865. The van der Waals surface area contributed by atoms with Crippen molar-refractivity contribution in [3.63, 3.8) is 0 Å². The largest absolute Gasteiger partial charge is 0.326 e. The first-order valence-electron chi connectivity index (χ1n) is 7.84. The zero-order chi connectivity index (χ0) is 16.2. The van der Waals surface area contributed by atoms with Gasteiger partial charge in [0.15, 0.2) is 4.34 Å². The predicted molar refractivity (Wildman–Crippen MR) is 96.4 cm³/mol. The van der Waals surface area contributed by atoms with E-state index in [9.17, 15) is 4.79 Å². The molecule has 1 aromatic carbocycles. The van der Waals surface area contributed by atoms with Crippen molar-refractivity contribution in [3.05, 3.63) is 34.8 Å². The molecule has 1 unspecified atom stereocenters. The van der Waals surface area contributed by atoms with Gasteiger partial charge in [-0.15, -0.1) is 11.3 Å². The van der Waals surface area contributed by atoms with Gasteiger partial charge in [-0.2, -0.15) is 0 Å². The average molecular weight is 348 g/mol. The van der Waals surface area contributed by atoms with Crippen LogP contribution in [0.1, 0.15) is 30.5 Å². The second-order valence-electron chi connectivity index (χ2n) is 5.88. The number of hydrogen-bond acceptors (Lipinski definition) is 5. The first kappa shape index (κ1) is 16.5. The molecule has 1 aliphatic rings. The molecule has 1 aromatic heterocycles. The lowest BCUT2D eigenvalue weighted by molar-refractivity contribution is -0.116. The average Bonchev–Trinajstić information content (AvgIpc) is 3.14. The molecule has 6 heteroatoms. The van der Waals surface area contributed by atoms with Gasteiger partial charge in [-0.1, -0.05) is 11.8 Å². The van der Waals surface area contributed by atoms with E-state index in [2.05, 4.69) is 27.1 Å². The van der Waals surface area contributed by atoms with Crippen molar-refractivity contribution in [2.75, 3.05) is 11.9 Å². The standard InChI is InChI=1S/C17H21N3OS2/c1-11-8-14(23-17-19-12(2)10-22-17)5-6-15(11)20-16(21)9-13-4-3-7-18-13/h5-6,8,10,13,18H,3-4,7,9H2,1-2H3,(H,20,21). The Labute approximate surface area is 145 Å². The molecule has 2 N–H and O–H groups in total. The summed E-state index contributed by atoms with van der Waals surface area (Å²) in [5, 5.41) is 8.44. The molecule has 0 bridgehead atoms. The normalized spacial score (nSPS) is 17.4. The van der Waals surface area contributed by atoms with Crippen LogP contribution < -0.4 is 10.6 Å². The molecule has 1 aliphatic heterocycles. The number of nitrogens with zero attached hydrogens (tertiary/aromatic N) is 1. The topological polar surface area (TPSA) is 54.0 Å². The number of aromatic nitrogens is 1. The number of amides is 1. The van der Waals surface area contributed by atoms with Crippen LogP contribution >= 0.6 is 23.1 Å². The number of aryl methyl sites for hydroxylation is 2. The molecule has 1 atom stereocenters. The Morgan fingerprint density at radius 3 is 3.00 bits per heavy atom. The Morgan fingerprint density at radius 2 is 2.35 bits per heavy atom. The molecule has 1 saturated heterocycles. The summed E-state index contributed by atoms with van der Waals surface area (Å²) in [5.74, 6) is 0.0865. The Balaban J connectivity index is 1.61. The van der Waals surface area contributed by atoms with Gasteiger partial charge >= 0.3 is 0 Å². The zero-order valence-electron chi connectivity index (χ0n) is 13.4. The van der Waals surface area contributed by atoms with Gasteiger partial charge in [-0.3, -0.25) is 4.79 Å². The van der Waals surface area contributed by atoms with Crippen LogP contribution in [0.15, 0.2) is 32.8 Å². The van der Waals surface area contributed by atoms with E-state index in [-0.39, 0.29) is 5.91 Å². The predicted octanol–water partition coefficient (Wildman–Crippen LogP) is 3.99. The number of anilines is 1. The Kier molecular flexibility index (Phi) is 5.35. The molecule has 2 aromatic rings. The molecule has 4 nitrogen and oxygen atoms in total. The quantitative estimate of drug-likeness (QED) is 0.859. The van der Waals surface area contributed by atoms with Crippen LogP contribution in [0.5, 0.6) is 0 Å². The minimum atomic E-state index is 0.0865. The van der Waals surface area contributed by atoms with E-state index in [1.165, 1.54) is 6.42 Å². The first-order chi connectivity index (χ1) is 11.1. The summed E-state index contributed by atoms with van der Waals surface area (Å²) < 4.78 is 1.05. The number of rotatable bonds is 5. The molecule has 23 heavy (non-hydrogen) atoms. The van der Waals surface area contributed by atoms with E-state index in [0.717, 1.165) is 39.1 Å². The van der Waals surface area contributed by atoms with Gasteiger partial charge in [0, 0.05) is 34.1 Å². The lowest BCUT2D eigenvalue weighted by atomic mass is 10.1. The van der Waals surface area contributed by atoms with Crippen molar-refractivity contribution in [3.8, 4) is 0 Å². The molecule has 0 saturated carbocycles. The third-order valence-corrected chi connectivity index (χ3v) is 5.92. The maximum atomic E-state index is 12.1. The van der Waals surface area contributed by atoms with Crippen LogP contribution in [0.25, 0.3) is 0 Å².